The molecule has 0 saturated carbocycles. The van der Waals surface area contributed by atoms with Gasteiger partial charge in [-0.25, -0.2) is 4.79 Å². The summed E-state index contributed by atoms with van der Waals surface area (Å²) in [5.41, 5.74) is -0.464. The number of nitrogens with zero attached hydrogens (tertiary/aromatic N) is 1. The molecule has 1 fully saturated rings. The van der Waals surface area contributed by atoms with Gasteiger partial charge in [-0.2, -0.15) is 0 Å². The molecule has 27 heavy (non-hydrogen) atoms. The van der Waals surface area contributed by atoms with E-state index in [0.717, 1.165) is 5.56 Å². The number of rotatable bonds is 5. The number of amides is 1. The number of benzene rings is 1. The fraction of sp³-hybridized carbons (Fsp3) is 0.667. The van der Waals surface area contributed by atoms with Crippen LogP contribution < -0.4 is 0 Å². The van der Waals surface area contributed by atoms with Gasteiger partial charge in [0.25, 0.3) is 0 Å². The number of hydrogen-bond donors (Lipinski definition) is 1. The van der Waals surface area contributed by atoms with Gasteiger partial charge in [0, 0.05) is 5.02 Å². The van der Waals surface area contributed by atoms with Gasteiger partial charge in [-0.05, 0) is 57.7 Å². The maximum atomic E-state index is 12.9. The van der Waals surface area contributed by atoms with Crippen LogP contribution in [0.4, 0.5) is 4.79 Å². The highest BCUT2D eigenvalue weighted by atomic mass is 35.5. The fourth-order valence-corrected chi connectivity index (χ4v) is 3.46. The van der Waals surface area contributed by atoms with Crippen molar-refractivity contribution in [3.05, 3.63) is 34.9 Å². The smallest absolute Gasteiger partial charge is 0.410 e. The normalized spacial score (nSPS) is 21.2. The van der Waals surface area contributed by atoms with Crippen LogP contribution in [-0.4, -0.2) is 52.6 Å². The molecule has 1 aliphatic heterocycles. The van der Waals surface area contributed by atoms with Crippen LogP contribution in [-0.2, 0) is 15.9 Å². The van der Waals surface area contributed by atoms with Gasteiger partial charge < -0.3 is 14.6 Å². The summed E-state index contributed by atoms with van der Waals surface area (Å²) in [6, 6.07) is 7.43. The number of morpholine rings is 1. The van der Waals surface area contributed by atoms with Crippen LogP contribution in [0.5, 0.6) is 0 Å². The molecule has 0 bridgehead atoms. The van der Waals surface area contributed by atoms with E-state index in [1.54, 1.807) is 4.90 Å². The Bertz CT molecular complexity index is 622. The van der Waals surface area contributed by atoms with Gasteiger partial charge in [0.2, 0.25) is 0 Å². The minimum atomic E-state index is -0.953. The summed E-state index contributed by atoms with van der Waals surface area (Å²) < 4.78 is 11.6. The first kappa shape index (κ1) is 22.0. The summed E-state index contributed by atoms with van der Waals surface area (Å²) in [4.78, 5) is 14.6. The molecule has 0 spiro atoms. The van der Waals surface area contributed by atoms with E-state index in [9.17, 15) is 9.90 Å². The van der Waals surface area contributed by atoms with Crippen LogP contribution >= 0.6 is 11.6 Å². The molecule has 1 amide bonds. The van der Waals surface area contributed by atoms with Crippen LogP contribution in [0, 0.1) is 0 Å². The second-order valence-electron chi connectivity index (χ2n) is 8.25. The second kappa shape index (κ2) is 8.80. The first-order valence-corrected chi connectivity index (χ1v) is 10.0. The highest BCUT2D eigenvalue weighted by molar-refractivity contribution is 6.30. The zero-order valence-corrected chi connectivity index (χ0v) is 17.8. The van der Waals surface area contributed by atoms with E-state index in [-0.39, 0.29) is 12.1 Å². The van der Waals surface area contributed by atoms with E-state index in [2.05, 4.69) is 0 Å². The number of ether oxygens (including phenoxy) is 2. The molecule has 0 radical (unpaired) electrons. The summed E-state index contributed by atoms with van der Waals surface area (Å²) in [5.74, 6) is 0. The summed E-state index contributed by atoms with van der Waals surface area (Å²) in [6.45, 7) is 10.1. The Balaban J connectivity index is 2.21. The van der Waals surface area contributed by atoms with E-state index in [0.29, 0.717) is 37.4 Å². The van der Waals surface area contributed by atoms with Gasteiger partial charge in [-0.15, -0.1) is 0 Å². The molecular formula is C21H32ClNO4. The highest BCUT2D eigenvalue weighted by Gasteiger charge is 2.43. The van der Waals surface area contributed by atoms with Crippen LogP contribution in [0.1, 0.15) is 53.0 Å². The third kappa shape index (κ3) is 5.84. The third-order valence-corrected chi connectivity index (χ3v) is 5.38. The molecule has 1 aromatic rings. The second-order valence-corrected chi connectivity index (χ2v) is 8.69. The Morgan fingerprint density at radius 1 is 1.26 bits per heavy atom. The molecule has 1 heterocycles. The predicted molar refractivity (Wildman–Crippen MR) is 107 cm³/mol. The van der Waals surface area contributed by atoms with E-state index >= 15 is 0 Å². The Hall–Kier alpha value is -1.30. The molecule has 2 atom stereocenters. The maximum absolute atomic E-state index is 12.9. The maximum Gasteiger partial charge on any atom is 0.410 e. The van der Waals surface area contributed by atoms with Crippen LogP contribution in [0.3, 0.4) is 0 Å². The Kier molecular flexibility index (Phi) is 7.17. The van der Waals surface area contributed by atoms with Gasteiger partial charge in [-0.1, -0.05) is 37.6 Å². The van der Waals surface area contributed by atoms with Crippen molar-refractivity contribution < 1.29 is 19.4 Å². The first-order chi connectivity index (χ1) is 12.6. The zero-order valence-electron chi connectivity index (χ0n) is 17.0. The van der Waals surface area contributed by atoms with Crippen molar-refractivity contribution in [3.8, 4) is 0 Å². The van der Waals surface area contributed by atoms with Gasteiger partial charge in [-0.3, -0.25) is 4.90 Å². The summed E-state index contributed by atoms with van der Waals surface area (Å²) >= 11 is 5.97. The van der Waals surface area contributed by atoms with Gasteiger partial charge in [0.1, 0.15) is 11.7 Å². The third-order valence-electron chi connectivity index (χ3n) is 5.13. The lowest BCUT2D eigenvalue weighted by Gasteiger charge is -2.45. The molecule has 6 heteroatoms. The van der Waals surface area contributed by atoms with Crippen molar-refractivity contribution in [2.75, 3.05) is 13.2 Å². The monoisotopic (exact) mass is 397 g/mol. The number of hydrogen-bond acceptors (Lipinski definition) is 4. The summed E-state index contributed by atoms with van der Waals surface area (Å²) in [5, 5.41) is 11.6. The molecule has 1 saturated heterocycles. The molecule has 0 aromatic heterocycles. The van der Waals surface area contributed by atoms with Crippen molar-refractivity contribution in [3.63, 3.8) is 0 Å². The van der Waals surface area contributed by atoms with E-state index in [1.165, 1.54) is 0 Å². The minimum absolute atomic E-state index is 0.157. The molecule has 1 N–H and O–H groups in total. The van der Waals surface area contributed by atoms with Crippen molar-refractivity contribution >= 4 is 17.7 Å². The van der Waals surface area contributed by atoms with E-state index < -0.39 is 17.3 Å². The topological polar surface area (TPSA) is 59.0 Å². The predicted octanol–water partition coefficient (Wildman–Crippen LogP) is 4.44. The Morgan fingerprint density at radius 2 is 1.85 bits per heavy atom. The highest BCUT2D eigenvalue weighted by Crippen LogP contribution is 2.29. The largest absolute Gasteiger partial charge is 0.444 e. The van der Waals surface area contributed by atoms with Gasteiger partial charge in [0.15, 0.2) is 0 Å². The molecule has 2 rings (SSSR count). The molecule has 0 unspecified atom stereocenters. The fourth-order valence-electron chi connectivity index (χ4n) is 3.33. The van der Waals surface area contributed by atoms with Crippen LogP contribution in [0.15, 0.2) is 24.3 Å². The number of carbonyl (C=O) groups is 1. The van der Waals surface area contributed by atoms with Gasteiger partial charge >= 0.3 is 6.09 Å². The van der Waals surface area contributed by atoms with Crippen molar-refractivity contribution in [2.45, 2.75) is 77.2 Å². The summed E-state index contributed by atoms with van der Waals surface area (Å²) in [6.07, 6.45) is 0.974. The SMILES string of the molecule is CCC(O)(CC)[C@H]1CN(C(=O)OC(C)(C)C)[C@@H](Cc2ccc(Cl)cc2)CO1. The molecule has 0 aliphatic carbocycles. The number of halogens is 1. The van der Waals surface area contributed by atoms with Crippen molar-refractivity contribution in [2.24, 2.45) is 0 Å². The number of aliphatic hydroxyl groups is 1. The molecule has 1 aromatic carbocycles. The average Bonchev–Trinajstić information content (AvgIpc) is 2.61. The van der Waals surface area contributed by atoms with Crippen LogP contribution in [0.2, 0.25) is 5.02 Å². The summed E-state index contributed by atoms with van der Waals surface area (Å²) in [7, 11) is 0. The lowest BCUT2D eigenvalue weighted by molar-refractivity contribution is -0.158. The lowest BCUT2D eigenvalue weighted by Crippen LogP contribution is -2.60. The van der Waals surface area contributed by atoms with E-state index in [4.69, 9.17) is 21.1 Å². The molecule has 1 aliphatic rings. The first-order valence-electron chi connectivity index (χ1n) is 9.66. The average molecular weight is 398 g/mol. The quantitative estimate of drug-likeness (QED) is 0.797. The molecule has 5 nitrogen and oxygen atoms in total. The Labute approximate surface area is 167 Å². The molecular weight excluding hydrogens is 366 g/mol. The zero-order chi connectivity index (χ0) is 20.2. The Morgan fingerprint density at radius 3 is 2.37 bits per heavy atom. The van der Waals surface area contributed by atoms with Gasteiger partial charge in [0.05, 0.1) is 24.8 Å². The number of carbonyl (C=O) groups excluding carboxylic acids is 1. The minimum Gasteiger partial charge on any atom is -0.444 e. The van der Waals surface area contributed by atoms with Crippen LogP contribution in [0.25, 0.3) is 0 Å². The standard InChI is InChI=1S/C21H32ClNO4/c1-6-21(25,7-2)18-13-23(19(24)27-20(3,4)5)17(14-26-18)12-15-8-10-16(22)11-9-15/h8-11,17-18,25H,6-7,12-14H2,1-5H3/t17-,18+/m0/s1. The van der Waals surface area contributed by atoms with Crippen molar-refractivity contribution in [1.82, 2.24) is 4.90 Å². The van der Waals surface area contributed by atoms with E-state index in [1.807, 2.05) is 58.9 Å². The lowest BCUT2D eigenvalue weighted by atomic mass is 9.88. The molecule has 152 valence electrons. The van der Waals surface area contributed by atoms with Crippen molar-refractivity contribution in [1.29, 1.82) is 0 Å².